The maximum atomic E-state index is 11.8. The number of rotatable bonds is 5. The minimum absolute atomic E-state index is 0.00138. The molecule has 0 saturated heterocycles. The molecule has 2 rings (SSSR count). The zero-order chi connectivity index (χ0) is 13.0. The summed E-state index contributed by atoms with van der Waals surface area (Å²) in [6.07, 6.45) is 0.492. The summed E-state index contributed by atoms with van der Waals surface area (Å²) in [5, 5.41) is 1.93. The standard InChI is InChI=1S/C13H14O3S2/c1-11-4-6-12(7-5-11)16-18(14,15)10-8-13-3-2-9-17-13/h2-7,9H,8,10H2,1H3. The van der Waals surface area contributed by atoms with E-state index >= 15 is 0 Å². The molecule has 0 radical (unpaired) electrons. The second-order valence-electron chi connectivity index (χ2n) is 3.99. The second kappa shape index (κ2) is 5.54. The molecule has 0 bridgehead atoms. The summed E-state index contributed by atoms with van der Waals surface area (Å²) in [6, 6.07) is 10.8. The average molecular weight is 282 g/mol. The average Bonchev–Trinajstić information content (AvgIpc) is 2.83. The van der Waals surface area contributed by atoms with Crippen LogP contribution in [0.3, 0.4) is 0 Å². The van der Waals surface area contributed by atoms with E-state index in [1.165, 1.54) is 0 Å². The van der Waals surface area contributed by atoms with Crippen LogP contribution >= 0.6 is 11.3 Å². The van der Waals surface area contributed by atoms with Crippen LogP contribution in [0.1, 0.15) is 10.4 Å². The molecular formula is C13H14O3S2. The van der Waals surface area contributed by atoms with E-state index in [2.05, 4.69) is 0 Å². The van der Waals surface area contributed by atoms with Crippen molar-refractivity contribution in [3.8, 4) is 5.75 Å². The van der Waals surface area contributed by atoms with Crippen LogP contribution in [0.2, 0.25) is 0 Å². The largest absolute Gasteiger partial charge is 0.382 e. The van der Waals surface area contributed by atoms with E-state index in [-0.39, 0.29) is 5.75 Å². The van der Waals surface area contributed by atoms with Gasteiger partial charge in [-0.2, -0.15) is 8.42 Å². The van der Waals surface area contributed by atoms with Crippen LogP contribution in [0.5, 0.6) is 5.75 Å². The Morgan fingerprint density at radius 3 is 2.50 bits per heavy atom. The maximum absolute atomic E-state index is 11.8. The van der Waals surface area contributed by atoms with Crippen molar-refractivity contribution in [1.82, 2.24) is 0 Å². The smallest absolute Gasteiger partial charge is 0.309 e. The van der Waals surface area contributed by atoms with Crippen LogP contribution < -0.4 is 4.18 Å². The lowest BCUT2D eigenvalue weighted by atomic mass is 10.2. The van der Waals surface area contributed by atoms with Crippen LogP contribution in [-0.4, -0.2) is 14.2 Å². The fourth-order valence-electron chi connectivity index (χ4n) is 1.46. The number of hydrogen-bond donors (Lipinski definition) is 0. The number of aryl methyl sites for hydroxylation is 2. The molecule has 0 atom stereocenters. The molecule has 96 valence electrons. The first kappa shape index (κ1) is 13.1. The predicted molar refractivity (Wildman–Crippen MR) is 73.6 cm³/mol. The third kappa shape index (κ3) is 3.85. The molecule has 0 N–H and O–H groups in total. The number of benzene rings is 1. The summed E-state index contributed by atoms with van der Waals surface area (Å²) in [5.41, 5.74) is 1.07. The van der Waals surface area contributed by atoms with E-state index in [0.717, 1.165) is 10.4 Å². The Bertz CT molecular complexity index is 584. The summed E-state index contributed by atoms with van der Waals surface area (Å²) in [6.45, 7) is 1.94. The van der Waals surface area contributed by atoms with Crippen molar-refractivity contribution >= 4 is 21.5 Å². The maximum Gasteiger partial charge on any atom is 0.309 e. The van der Waals surface area contributed by atoms with Gasteiger partial charge in [0.2, 0.25) is 0 Å². The lowest BCUT2D eigenvalue weighted by molar-refractivity contribution is 0.485. The van der Waals surface area contributed by atoms with Gasteiger partial charge < -0.3 is 4.18 Å². The van der Waals surface area contributed by atoms with Crippen LogP contribution in [0.4, 0.5) is 0 Å². The van der Waals surface area contributed by atoms with Gasteiger partial charge in [0, 0.05) is 4.88 Å². The molecule has 0 aliphatic rings. The molecule has 2 aromatic rings. The lowest BCUT2D eigenvalue weighted by Gasteiger charge is -2.06. The molecule has 18 heavy (non-hydrogen) atoms. The van der Waals surface area contributed by atoms with E-state index < -0.39 is 10.1 Å². The van der Waals surface area contributed by atoms with E-state index in [4.69, 9.17) is 4.18 Å². The SMILES string of the molecule is Cc1ccc(OS(=O)(=O)CCc2cccs2)cc1. The van der Waals surface area contributed by atoms with Gasteiger partial charge in [-0.05, 0) is 36.9 Å². The summed E-state index contributed by atoms with van der Waals surface area (Å²) in [7, 11) is -3.52. The molecule has 1 aromatic heterocycles. The van der Waals surface area contributed by atoms with Gasteiger partial charge in [-0.3, -0.25) is 0 Å². The molecule has 1 aromatic carbocycles. The normalized spacial score (nSPS) is 11.4. The Morgan fingerprint density at radius 2 is 1.89 bits per heavy atom. The summed E-state index contributed by atoms with van der Waals surface area (Å²) < 4.78 is 28.6. The van der Waals surface area contributed by atoms with E-state index in [0.29, 0.717) is 12.2 Å². The monoisotopic (exact) mass is 282 g/mol. The Balaban J connectivity index is 1.97. The third-order valence-electron chi connectivity index (χ3n) is 2.42. The summed E-state index contributed by atoms with van der Waals surface area (Å²) in [5.74, 6) is 0.369. The van der Waals surface area contributed by atoms with Gasteiger partial charge in [0.05, 0.1) is 5.75 Å². The van der Waals surface area contributed by atoms with Crippen molar-refractivity contribution in [2.75, 3.05) is 5.75 Å². The van der Waals surface area contributed by atoms with E-state index in [1.54, 1.807) is 23.5 Å². The zero-order valence-electron chi connectivity index (χ0n) is 10.00. The Morgan fingerprint density at radius 1 is 1.17 bits per heavy atom. The van der Waals surface area contributed by atoms with Crippen molar-refractivity contribution in [2.45, 2.75) is 13.3 Å². The molecule has 3 nitrogen and oxygen atoms in total. The van der Waals surface area contributed by atoms with Crippen molar-refractivity contribution in [3.63, 3.8) is 0 Å². The molecule has 5 heteroatoms. The highest BCUT2D eigenvalue weighted by atomic mass is 32.2. The van der Waals surface area contributed by atoms with Gasteiger partial charge in [-0.1, -0.05) is 23.8 Å². The number of thiophene rings is 1. The summed E-state index contributed by atoms with van der Waals surface area (Å²) >= 11 is 1.55. The van der Waals surface area contributed by atoms with Crippen molar-refractivity contribution < 1.29 is 12.6 Å². The molecular weight excluding hydrogens is 268 g/mol. The molecule has 0 fully saturated rings. The van der Waals surface area contributed by atoms with Crippen LogP contribution in [-0.2, 0) is 16.5 Å². The second-order valence-corrected chi connectivity index (χ2v) is 6.71. The molecule has 0 aliphatic heterocycles. The Labute approximate surface area is 111 Å². The lowest BCUT2D eigenvalue weighted by Crippen LogP contribution is -2.15. The number of hydrogen-bond acceptors (Lipinski definition) is 4. The van der Waals surface area contributed by atoms with Crippen LogP contribution in [0.15, 0.2) is 41.8 Å². The van der Waals surface area contributed by atoms with Crippen LogP contribution in [0, 0.1) is 6.92 Å². The fraction of sp³-hybridized carbons (Fsp3) is 0.231. The molecule has 0 amide bonds. The van der Waals surface area contributed by atoms with E-state index in [1.807, 2.05) is 36.6 Å². The minimum atomic E-state index is -3.52. The van der Waals surface area contributed by atoms with Crippen molar-refractivity contribution in [1.29, 1.82) is 0 Å². The van der Waals surface area contributed by atoms with Crippen LogP contribution in [0.25, 0.3) is 0 Å². The highest BCUT2D eigenvalue weighted by Gasteiger charge is 2.13. The molecule has 0 saturated carbocycles. The van der Waals surface area contributed by atoms with Crippen molar-refractivity contribution in [2.24, 2.45) is 0 Å². The van der Waals surface area contributed by atoms with Gasteiger partial charge in [-0.15, -0.1) is 11.3 Å². The van der Waals surface area contributed by atoms with Gasteiger partial charge in [0.15, 0.2) is 0 Å². The summed E-state index contributed by atoms with van der Waals surface area (Å²) in [4.78, 5) is 1.05. The molecule has 0 aliphatic carbocycles. The zero-order valence-corrected chi connectivity index (χ0v) is 11.6. The van der Waals surface area contributed by atoms with Crippen molar-refractivity contribution in [3.05, 3.63) is 52.2 Å². The Hall–Kier alpha value is -1.33. The van der Waals surface area contributed by atoms with Gasteiger partial charge in [-0.25, -0.2) is 0 Å². The first-order valence-corrected chi connectivity index (χ1v) is 8.02. The fourth-order valence-corrected chi connectivity index (χ4v) is 3.26. The van der Waals surface area contributed by atoms with Gasteiger partial charge in [0.25, 0.3) is 0 Å². The minimum Gasteiger partial charge on any atom is -0.382 e. The predicted octanol–water partition coefficient (Wildman–Crippen LogP) is 3.01. The molecule has 0 spiro atoms. The van der Waals surface area contributed by atoms with E-state index in [9.17, 15) is 8.42 Å². The highest BCUT2D eigenvalue weighted by Crippen LogP contribution is 2.16. The Kier molecular flexibility index (Phi) is 4.04. The van der Waals surface area contributed by atoms with Gasteiger partial charge in [0.1, 0.15) is 5.75 Å². The third-order valence-corrected chi connectivity index (χ3v) is 4.51. The van der Waals surface area contributed by atoms with Gasteiger partial charge >= 0.3 is 10.1 Å². The first-order chi connectivity index (χ1) is 8.55. The molecule has 1 heterocycles. The highest BCUT2D eigenvalue weighted by molar-refractivity contribution is 7.87. The first-order valence-electron chi connectivity index (χ1n) is 5.56. The molecule has 0 unspecified atom stereocenters. The quantitative estimate of drug-likeness (QED) is 0.792. The topological polar surface area (TPSA) is 43.4 Å².